The van der Waals surface area contributed by atoms with E-state index in [1.807, 2.05) is 0 Å². The molecule has 8 nitrogen and oxygen atoms in total. The first-order valence-corrected chi connectivity index (χ1v) is 11.0. The third-order valence-electron chi connectivity index (χ3n) is 4.57. The van der Waals surface area contributed by atoms with Crippen LogP contribution in [0.5, 0.6) is 11.5 Å². The summed E-state index contributed by atoms with van der Waals surface area (Å²) in [6.07, 6.45) is 1.47. The highest BCUT2D eigenvalue weighted by Gasteiger charge is 2.16. The number of anilines is 3. The first kappa shape index (κ1) is 21.4. The van der Waals surface area contributed by atoms with Gasteiger partial charge in [-0.25, -0.2) is 0 Å². The summed E-state index contributed by atoms with van der Waals surface area (Å²) in [7, 11) is -4.45. The maximum Gasteiger partial charge on any atom is 0.296 e. The van der Waals surface area contributed by atoms with Crippen LogP contribution in [0.25, 0.3) is 10.9 Å². The van der Waals surface area contributed by atoms with Crippen molar-refractivity contribution >= 4 is 49.7 Å². The van der Waals surface area contributed by atoms with Crippen molar-refractivity contribution in [2.75, 3.05) is 11.1 Å². The van der Waals surface area contributed by atoms with Crippen molar-refractivity contribution < 1.29 is 17.7 Å². The summed E-state index contributed by atoms with van der Waals surface area (Å²) in [4.78, 5) is 3.87. The summed E-state index contributed by atoms with van der Waals surface area (Å²) in [5.41, 5.74) is 8.48. The smallest absolute Gasteiger partial charge is 0.296 e. The Balaban J connectivity index is 1.74. The van der Waals surface area contributed by atoms with Gasteiger partial charge in [-0.05, 0) is 42.5 Å². The number of nitrogens with two attached hydrogens (primary N) is 1. The average Bonchev–Trinajstić information content (AvgIpc) is 2.74. The van der Waals surface area contributed by atoms with Gasteiger partial charge in [0.25, 0.3) is 10.1 Å². The second kappa shape index (κ2) is 8.36. The predicted molar refractivity (Wildman–Crippen MR) is 122 cm³/mol. The van der Waals surface area contributed by atoms with Gasteiger partial charge in [-0.15, -0.1) is 0 Å². The molecule has 1 aromatic heterocycles. The third kappa shape index (κ3) is 4.29. The minimum absolute atomic E-state index is 0.183. The van der Waals surface area contributed by atoms with E-state index in [4.69, 9.17) is 22.1 Å². The molecule has 0 aliphatic rings. The first-order chi connectivity index (χ1) is 15.3. The summed E-state index contributed by atoms with van der Waals surface area (Å²) < 4.78 is 37.8. The number of nitrogens with zero attached hydrogens (tertiary/aromatic N) is 2. The van der Waals surface area contributed by atoms with E-state index in [1.165, 1.54) is 18.3 Å². The van der Waals surface area contributed by atoms with Gasteiger partial charge in [-0.2, -0.15) is 13.7 Å². The van der Waals surface area contributed by atoms with E-state index >= 15 is 0 Å². The molecule has 4 N–H and O–H groups in total. The van der Waals surface area contributed by atoms with Crippen LogP contribution in [0.1, 0.15) is 5.56 Å². The highest BCUT2D eigenvalue weighted by molar-refractivity contribution is 7.86. The van der Waals surface area contributed by atoms with Crippen LogP contribution in [-0.4, -0.2) is 18.0 Å². The van der Waals surface area contributed by atoms with Crippen LogP contribution in [-0.2, 0) is 10.1 Å². The molecule has 160 valence electrons. The highest BCUT2D eigenvalue weighted by Crippen LogP contribution is 2.37. The van der Waals surface area contributed by atoms with Gasteiger partial charge in [0.15, 0.2) is 5.75 Å². The number of aromatic nitrogens is 1. The van der Waals surface area contributed by atoms with Crippen LogP contribution in [0.3, 0.4) is 0 Å². The molecular weight excluding hydrogens is 452 g/mol. The van der Waals surface area contributed by atoms with E-state index in [9.17, 15) is 18.2 Å². The Morgan fingerprint density at radius 1 is 1.12 bits per heavy atom. The van der Waals surface area contributed by atoms with Gasteiger partial charge in [-0.3, -0.25) is 9.54 Å². The molecule has 0 saturated carbocycles. The number of pyridine rings is 1. The molecule has 10 heteroatoms. The summed E-state index contributed by atoms with van der Waals surface area (Å²) in [6.45, 7) is 0. The number of fused-ring (bicyclic) bond motifs is 1. The summed E-state index contributed by atoms with van der Waals surface area (Å²) in [5.74, 6) is 0.641. The molecule has 4 rings (SSSR count). The number of hydrogen-bond donors (Lipinski definition) is 3. The van der Waals surface area contributed by atoms with E-state index in [-0.39, 0.29) is 10.8 Å². The number of nitrogens with one attached hydrogen (secondary N) is 1. The van der Waals surface area contributed by atoms with Gasteiger partial charge in [0.1, 0.15) is 16.7 Å². The number of rotatable bonds is 5. The number of ether oxygens (including phenoxy) is 1. The molecule has 0 fully saturated rings. The topological polar surface area (TPSA) is 138 Å². The number of nitrogen functional groups attached to an aromatic ring is 1. The number of nitriles is 1. The minimum Gasteiger partial charge on any atom is -0.455 e. The summed E-state index contributed by atoms with van der Waals surface area (Å²) in [6, 6.07) is 18.1. The van der Waals surface area contributed by atoms with Crippen molar-refractivity contribution in [3.8, 4) is 17.6 Å². The zero-order valence-corrected chi connectivity index (χ0v) is 17.9. The molecule has 0 atom stereocenters. The fourth-order valence-electron chi connectivity index (χ4n) is 3.10. The van der Waals surface area contributed by atoms with E-state index < -0.39 is 15.0 Å². The van der Waals surface area contributed by atoms with Gasteiger partial charge < -0.3 is 15.8 Å². The van der Waals surface area contributed by atoms with Gasteiger partial charge in [0.2, 0.25) is 0 Å². The lowest BCUT2D eigenvalue weighted by atomic mass is 10.1. The molecule has 32 heavy (non-hydrogen) atoms. The summed E-state index contributed by atoms with van der Waals surface area (Å²) >= 11 is 5.98. The molecule has 3 aromatic carbocycles. The number of halogens is 1. The van der Waals surface area contributed by atoms with Gasteiger partial charge in [0, 0.05) is 23.3 Å². The van der Waals surface area contributed by atoms with Gasteiger partial charge >= 0.3 is 0 Å². The third-order valence-corrected chi connectivity index (χ3v) is 5.90. The molecule has 0 aliphatic heterocycles. The van der Waals surface area contributed by atoms with Crippen molar-refractivity contribution in [1.82, 2.24) is 4.98 Å². The lowest BCUT2D eigenvalue weighted by Gasteiger charge is -2.16. The molecule has 1 heterocycles. The zero-order valence-electron chi connectivity index (χ0n) is 16.3. The Morgan fingerprint density at radius 3 is 2.62 bits per heavy atom. The molecule has 0 aliphatic carbocycles. The highest BCUT2D eigenvalue weighted by atomic mass is 35.5. The lowest BCUT2D eigenvalue weighted by molar-refractivity contribution is 0.479. The Labute approximate surface area is 188 Å². The number of para-hydroxylation sites is 2. The van der Waals surface area contributed by atoms with E-state index in [0.717, 1.165) is 6.07 Å². The largest absolute Gasteiger partial charge is 0.455 e. The van der Waals surface area contributed by atoms with Crippen LogP contribution in [0.4, 0.5) is 17.1 Å². The molecule has 0 saturated heterocycles. The Kier molecular flexibility index (Phi) is 5.59. The van der Waals surface area contributed by atoms with Crippen LogP contribution in [0, 0.1) is 11.3 Å². The molecule has 0 radical (unpaired) electrons. The van der Waals surface area contributed by atoms with Crippen LogP contribution in [0.15, 0.2) is 71.8 Å². The normalized spacial score (nSPS) is 11.2. The molecule has 0 unspecified atom stereocenters. The van der Waals surface area contributed by atoms with Crippen molar-refractivity contribution in [3.63, 3.8) is 0 Å². The molecular formula is C22H15ClN4O4S. The monoisotopic (exact) mass is 466 g/mol. The van der Waals surface area contributed by atoms with Gasteiger partial charge in [0.05, 0.1) is 27.5 Å². The molecule has 4 aromatic rings. The first-order valence-electron chi connectivity index (χ1n) is 9.15. The molecule has 0 bridgehead atoms. The summed E-state index contributed by atoms with van der Waals surface area (Å²) in [5, 5.41) is 13.3. The van der Waals surface area contributed by atoms with E-state index in [2.05, 4.69) is 16.4 Å². The Hall–Kier alpha value is -3.84. The van der Waals surface area contributed by atoms with Gasteiger partial charge in [-0.1, -0.05) is 23.7 Å². The Morgan fingerprint density at radius 2 is 1.91 bits per heavy atom. The maximum atomic E-state index is 11.4. The van der Waals surface area contributed by atoms with Crippen LogP contribution >= 0.6 is 11.6 Å². The number of benzene rings is 3. The van der Waals surface area contributed by atoms with E-state index in [0.29, 0.717) is 39.3 Å². The predicted octanol–water partition coefficient (Wildman–Crippen LogP) is 5.12. The molecule has 0 spiro atoms. The minimum atomic E-state index is -4.45. The Bertz CT molecular complexity index is 1500. The quantitative estimate of drug-likeness (QED) is 0.272. The van der Waals surface area contributed by atoms with Crippen molar-refractivity contribution in [2.24, 2.45) is 0 Å². The van der Waals surface area contributed by atoms with Crippen LogP contribution < -0.4 is 15.8 Å². The van der Waals surface area contributed by atoms with E-state index in [1.54, 1.807) is 42.5 Å². The maximum absolute atomic E-state index is 11.4. The standard InChI is InChI=1S/C22H15ClN4O4S/c23-17-10-15(6-8-21(17)32(28,29)30)31-20-4-2-1-3-19(20)27-22-13(11-24)12-26-18-7-5-14(25)9-16(18)22/h1-10,12H,25H2,(H,26,27)(H,28,29,30). The fraction of sp³-hybridized carbons (Fsp3) is 0. The SMILES string of the molecule is N#Cc1cnc2ccc(N)cc2c1Nc1ccccc1Oc1ccc(S(=O)(=O)O)c(Cl)c1. The lowest BCUT2D eigenvalue weighted by Crippen LogP contribution is -2.00. The number of hydrogen-bond acceptors (Lipinski definition) is 7. The van der Waals surface area contributed by atoms with Crippen molar-refractivity contribution in [1.29, 1.82) is 5.26 Å². The zero-order chi connectivity index (χ0) is 22.9. The average molecular weight is 467 g/mol. The molecule has 0 amide bonds. The van der Waals surface area contributed by atoms with Crippen molar-refractivity contribution in [3.05, 3.63) is 77.4 Å². The van der Waals surface area contributed by atoms with Crippen molar-refractivity contribution in [2.45, 2.75) is 4.90 Å². The second-order valence-electron chi connectivity index (χ2n) is 6.73. The fourth-order valence-corrected chi connectivity index (χ4v) is 4.11. The second-order valence-corrected chi connectivity index (χ2v) is 8.52. The van der Waals surface area contributed by atoms with Crippen LogP contribution in [0.2, 0.25) is 5.02 Å².